The molecule has 3 nitrogen and oxygen atoms in total. The van der Waals surface area contributed by atoms with Crippen LogP contribution in [-0.4, -0.2) is 37.1 Å². The number of ether oxygens (including phenoxy) is 1. The first-order valence-corrected chi connectivity index (χ1v) is 5.59. The van der Waals surface area contributed by atoms with E-state index >= 15 is 0 Å². The minimum absolute atomic E-state index is 0.419. The largest absolute Gasteiger partial charge is 0.492 e. The first-order chi connectivity index (χ1) is 7.50. The van der Waals surface area contributed by atoms with Gasteiger partial charge in [-0.1, -0.05) is 12.2 Å². The van der Waals surface area contributed by atoms with Gasteiger partial charge in [-0.25, -0.2) is 0 Å². The lowest BCUT2D eigenvalue weighted by Crippen LogP contribution is -2.19. The summed E-state index contributed by atoms with van der Waals surface area (Å²) in [5.74, 6) is 0.891. The summed E-state index contributed by atoms with van der Waals surface area (Å²) in [6, 6.07) is 5.76. The van der Waals surface area contributed by atoms with Crippen LogP contribution in [0.5, 0.6) is 5.75 Å². The molecule has 4 heteroatoms. The van der Waals surface area contributed by atoms with Gasteiger partial charge in [-0.05, 0) is 44.8 Å². The molecule has 0 saturated heterocycles. The van der Waals surface area contributed by atoms with Crippen LogP contribution in [0.25, 0.3) is 0 Å². The standard InChI is InChI=1S/C12H18N2OS/c1-9-8-10(12(13)16)4-5-11(9)15-7-6-14(2)3/h4-5,8H,6-7H2,1-3H3,(H2,13,16). The summed E-state index contributed by atoms with van der Waals surface area (Å²) < 4.78 is 5.66. The first-order valence-electron chi connectivity index (χ1n) is 5.18. The van der Waals surface area contributed by atoms with Gasteiger partial charge in [0.1, 0.15) is 17.3 Å². The SMILES string of the molecule is Cc1cc(C(N)=S)ccc1OCCN(C)C. The van der Waals surface area contributed by atoms with E-state index in [1.165, 1.54) is 0 Å². The van der Waals surface area contributed by atoms with E-state index in [1.54, 1.807) is 0 Å². The Morgan fingerprint density at radius 1 is 1.44 bits per heavy atom. The van der Waals surface area contributed by atoms with Gasteiger partial charge in [0.25, 0.3) is 0 Å². The second-order valence-electron chi connectivity index (χ2n) is 4.00. The van der Waals surface area contributed by atoms with Crippen molar-refractivity contribution in [2.24, 2.45) is 5.73 Å². The third-order valence-corrected chi connectivity index (χ3v) is 2.49. The highest BCUT2D eigenvalue weighted by Gasteiger charge is 2.03. The Kier molecular flexibility index (Phi) is 4.71. The molecule has 0 amide bonds. The van der Waals surface area contributed by atoms with E-state index in [9.17, 15) is 0 Å². The van der Waals surface area contributed by atoms with Crippen molar-refractivity contribution in [1.29, 1.82) is 0 Å². The van der Waals surface area contributed by atoms with Gasteiger partial charge in [0.15, 0.2) is 0 Å². The minimum atomic E-state index is 0.419. The minimum Gasteiger partial charge on any atom is -0.492 e. The predicted molar refractivity (Wildman–Crippen MR) is 71.1 cm³/mol. The number of thiocarbonyl (C=S) groups is 1. The number of benzene rings is 1. The highest BCUT2D eigenvalue weighted by Crippen LogP contribution is 2.18. The molecule has 0 aromatic heterocycles. The number of likely N-dealkylation sites (N-methyl/N-ethyl adjacent to an activating group) is 1. The molecule has 1 aromatic carbocycles. The monoisotopic (exact) mass is 238 g/mol. The maximum Gasteiger partial charge on any atom is 0.122 e. The van der Waals surface area contributed by atoms with Crippen molar-refractivity contribution in [3.8, 4) is 5.75 Å². The summed E-state index contributed by atoms with van der Waals surface area (Å²) in [5, 5.41) is 0. The Bertz CT molecular complexity index is 377. The summed E-state index contributed by atoms with van der Waals surface area (Å²) in [7, 11) is 4.04. The molecule has 0 spiro atoms. The Labute approximate surface area is 102 Å². The Hall–Kier alpha value is -1.13. The lowest BCUT2D eigenvalue weighted by Gasteiger charge is -2.13. The summed E-state index contributed by atoms with van der Waals surface area (Å²) in [6.45, 7) is 3.57. The van der Waals surface area contributed by atoms with Crippen molar-refractivity contribution < 1.29 is 4.74 Å². The number of nitrogens with zero attached hydrogens (tertiary/aromatic N) is 1. The van der Waals surface area contributed by atoms with Crippen molar-refractivity contribution in [2.45, 2.75) is 6.92 Å². The smallest absolute Gasteiger partial charge is 0.122 e. The lowest BCUT2D eigenvalue weighted by molar-refractivity contribution is 0.260. The summed E-state index contributed by atoms with van der Waals surface area (Å²) in [4.78, 5) is 2.50. The predicted octanol–water partition coefficient (Wildman–Crippen LogP) is 1.57. The fraction of sp³-hybridized carbons (Fsp3) is 0.417. The maximum atomic E-state index is 5.66. The van der Waals surface area contributed by atoms with E-state index in [0.717, 1.165) is 23.4 Å². The molecule has 88 valence electrons. The molecule has 1 aromatic rings. The van der Waals surface area contributed by atoms with Crippen LogP contribution in [0.15, 0.2) is 18.2 Å². The Morgan fingerprint density at radius 2 is 2.12 bits per heavy atom. The number of hydrogen-bond donors (Lipinski definition) is 1. The van der Waals surface area contributed by atoms with Gasteiger partial charge in [-0.2, -0.15) is 0 Å². The molecule has 0 aliphatic carbocycles. The molecular weight excluding hydrogens is 220 g/mol. The van der Waals surface area contributed by atoms with Crippen LogP contribution < -0.4 is 10.5 Å². The fourth-order valence-electron chi connectivity index (χ4n) is 1.30. The summed E-state index contributed by atoms with van der Waals surface area (Å²) >= 11 is 4.92. The molecule has 0 bridgehead atoms. The van der Waals surface area contributed by atoms with Crippen LogP contribution in [0.3, 0.4) is 0 Å². The van der Waals surface area contributed by atoms with Gasteiger partial charge < -0.3 is 15.4 Å². The molecule has 0 aliphatic heterocycles. The van der Waals surface area contributed by atoms with Gasteiger partial charge in [0.2, 0.25) is 0 Å². The highest BCUT2D eigenvalue weighted by atomic mass is 32.1. The molecule has 0 atom stereocenters. The van der Waals surface area contributed by atoms with Crippen molar-refractivity contribution in [1.82, 2.24) is 4.90 Å². The van der Waals surface area contributed by atoms with Gasteiger partial charge in [-0.3, -0.25) is 0 Å². The molecule has 0 radical (unpaired) electrons. The molecule has 0 saturated carbocycles. The second-order valence-corrected chi connectivity index (χ2v) is 4.44. The molecule has 1 rings (SSSR count). The average Bonchev–Trinajstić information content (AvgIpc) is 2.19. The van der Waals surface area contributed by atoms with E-state index in [0.29, 0.717) is 11.6 Å². The van der Waals surface area contributed by atoms with Crippen molar-refractivity contribution in [3.63, 3.8) is 0 Å². The number of rotatable bonds is 5. The van der Waals surface area contributed by atoms with Gasteiger partial charge in [0.05, 0.1) is 0 Å². The first kappa shape index (κ1) is 12.9. The van der Waals surface area contributed by atoms with Crippen LogP contribution in [-0.2, 0) is 0 Å². The molecule has 0 fully saturated rings. The van der Waals surface area contributed by atoms with Gasteiger partial charge >= 0.3 is 0 Å². The van der Waals surface area contributed by atoms with E-state index in [2.05, 4.69) is 4.90 Å². The third kappa shape index (κ3) is 3.79. The quantitative estimate of drug-likeness (QED) is 0.790. The summed E-state index contributed by atoms with van der Waals surface area (Å²) in [6.07, 6.45) is 0. The van der Waals surface area contributed by atoms with E-state index < -0.39 is 0 Å². The van der Waals surface area contributed by atoms with Crippen molar-refractivity contribution >= 4 is 17.2 Å². The molecular formula is C12H18N2OS. The van der Waals surface area contributed by atoms with Crippen LogP contribution in [0.2, 0.25) is 0 Å². The molecule has 2 N–H and O–H groups in total. The summed E-state index contributed by atoms with van der Waals surface area (Å²) in [5.41, 5.74) is 7.50. The van der Waals surface area contributed by atoms with Crippen LogP contribution >= 0.6 is 12.2 Å². The number of nitrogens with two attached hydrogens (primary N) is 1. The Balaban J connectivity index is 2.64. The second kappa shape index (κ2) is 5.82. The number of hydrogen-bond acceptors (Lipinski definition) is 3. The average molecular weight is 238 g/mol. The zero-order valence-corrected chi connectivity index (χ0v) is 10.8. The lowest BCUT2D eigenvalue weighted by atomic mass is 10.1. The third-order valence-electron chi connectivity index (χ3n) is 2.26. The van der Waals surface area contributed by atoms with Gasteiger partial charge in [0, 0.05) is 12.1 Å². The van der Waals surface area contributed by atoms with E-state index in [1.807, 2.05) is 39.2 Å². The topological polar surface area (TPSA) is 38.5 Å². The van der Waals surface area contributed by atoms with Crippen LogP contribution in [0.4, 0.5) is 0 Å². The maximum absolute atomic E-state index is 5.66. The molecule has 0 heterocycles. The van der Waals surface area contributed by atoms with Gasteiger partial charge in [-0.15, -0.1) is 0 Å². The zero-order chi connectivity index (χ0) is 12.1. The van der Waals surface area contributed by atoms with Crippen molar-refractivity contribution in [3.05, 3.63) is 29.3 Å². The molecule has 0 unspecified atom stereocenters. The number of aryl methyl sites for hydroxylation is 1. The molecule has 16 heavy (non-hydrogen) atoms. The normalized spacial score (nSPS) is 10.5. The van der Waals surface area contributed by atoms with Crippen molar-refractivity contribution in [2.75, 3.05) is 27.2 Å². The van der Waals surface area contributed by atoms with E-state index in [4.69, 9.17) is 22.7 Å². The molecule has 0 aliphatic rings. The van der Waals surface area contributed by atoms with E-state index in [-0.39, 0.29) is 0 Å². The fourth-order valence-corrected chi connectivity index (χ4v) is 1.43. The highest BCUT2D eigenvalue weighted by molar-refractivity contribution is 7.80. The zero-order valence-electron chi connectivity index (χ0n) is 9.99. The van der Waals surface area contributed by atoms with Crippen LogP contribution in [0, 0.1) is 6.92 Å². The Morgan fingerprint density at radius 3 is 2.62 bits per heavy atom. The van der Waals surface area contributed by atoms with Crippen LogP contribution in [0.1, 0.15) is 11.1 Å².